The summed E-state index contributed by atoms with van der Waals surface area (Å²) >= 11 is 5.25. The molecule has 1 aliphatic rings. The summed E-state index contributed by atoms with van der Waals surface area (Å²) in [5, 5.41) is 9.39. The predicted molar refractivity (Wildman–Crippen MR) is 73.4 cm³/mol. The van der Waals surface area contributed by atoms with Gasteiger partial charge in [0.15, 0.2) is 0 Å². The number of rotatable bonds is 3. The van der Waals surface area contributed by atoms with Crippen LogP contribution in [0.4, 0.5) is 0 Å². The number of aliphatic carboxylic acids is 1. The first-order valence-corrected chi connectivity index (χ1v) is 7.43. The molecule has 0 spiro atoms. The Morgan fingerprint density at radius 3 is 2.41 bits per heavy atom. The number of carboxylic acid groups (broad SMARTS) is 1. The molecule has 0 amide bonds. The molecule has 1 fully saturated rings. The van der Waals surface area contributed by atoms with E-state index in [1.807, 2.05) is 40.9 Å². The van der Waals surface area contributed by atoms with Crippen molar-refractivity contribution in [2.45, 2.75) is 6.04 Å². The number of halogens is 1. The summed E-state index contributed by atoms with van der Waals surface area (Å²) in [6, 6.07) is 7.03. The van der Waals surface area contributed by atoms with Gasteiger partial charge in [0.1, 0.15) is 6.04 Å². The minimum Gasteiger partial charge on any atom is -0.480 e. The second-order valence-corrected chi connectivity index (χ2v) is 6.08. The van der Waals surface area contributed by atoms with E-state index in [1.54, 1.807) is 0 Å². The smallest absolute Gasteiger partial charge is 0.325 e. The summed E-state index contributed by atoms with van der Waals surface area (Å²) in [5.74, 6) is 1.26. The van der Waals surface area contributed by atoms with Crippen molar-refractivity contribution in [3.8, 4) is 0 Å². The molecule has 0 aliphatic carbocycles. The molecule has 5 heteroatoms. The number of carbonyl (C=O) groups is 1. The van der Waals surface area contributed by atoms with E-state index in [-0.39, 0.29) is 0 Å². The van der Waals surface area contributed by atoms with E-state index in [0.717, 1.165) is 34.6 Å². The molecule has 1 heterocycles. The van der Waals surface area contributed by atoms with Crippen LogP contribution in [0, 0.1) is 0 Å². The van der Waals surface area contributed by atoms with Crippen LogP contribution in [0.25, 0.3) is 0 Å². The van der Waals surface area contributed by atoms with E-state index in [0.29, 0.717) is 0 Å². The molecule has 1 aromatic carbocycles. The van der Waals surface area contributed by atoms with Gasteiger partial charge in [-0.25, -0.2) is 0 Å². The van der Waals surface area contributed by atoms with E-state index in [1.165, 1.54) is 0 Å². The first-order valence-electron chi connectivity index (χ1n) is 5.48. The molecule has 92 valence electrons. The monoisotopic (exact) mass is 315 g/mol. The molecule has 0 radical (unpaired) electrons. The molecule has 1 unspecified atom stereocenters. The van der Waals surface area contributed by atoms with Crippen LogP contribution in [-0.4, -0.2) is 40.6 Å². The SMILES string of the molecule is O=C(O)C(c1ccc(Br)cc1)N1CCSCC1. The maximum atomic E-state index is 11.4. The largest absolute Gasteiger partial charge is 0.480 e. The average Bonchev–Trinajstić information content (AvgIpc) is 2.33. The van der Waals surface area contributed by atoms with Crippen molar-refractivity contribution in [3.05, 3.63) is 34.3 Å². The van der Waals surface area contributed by atoms with Crippen molar-refractivity contribution in [3.63, 3.8) is 0 Å². The van der Waals surface area contributed by atoms with Gasteiger partial charge in [0, 0.05) is 29.1 Å². The molecule has 2 rings (SSSR count). The third-order valence-electron chi connectivity index (χ3n) is 2.83. The van der Waals surface area contributed by atoms with Gasteiger partial charge in [-0.2, -0.15) is 11.8 Å². The quantitative estimate of drug-likeness (QED) is 0.931. The van der Waals surface area contributed by atoms with Crippen LogP contribution >= 0.6 is 27.7 Å². The molecule has 1 saturated heterocycles. The van der Waals surface area contributed by atoms with Gasteiger partial charge in [-0.1, -0.05) is 28.1 Å². The maximum absolute atomic E-state index is 11.4. The van der Waals surface area contributed by atoms with Crippen LogP contribution in [0.15, 0.2) is 28.7 Å². The van der Waals surface area contributed by atoms with Gasteiger partial charge in [-0.05, 0) is 17.7 Å². The van der Waals surface area contributed by atoms with Gasteiger partial charge < -0.3 is 5.11 Å². The minimum atomic E-state index is -0.765. The number of benzene rings is 1. The number of hydrogen-bond acceptors (Lipinski definition) is 3. The molecule has 0 aromatic heterocycles. The van der Waals surface area contributed by atoms with Crippen LogP contribution in [-0.2, 0) is 4.79 Å². The van der Waals surface area contributed by atoms with Gasteiger partial charge in [0.25, 0.3) is 0 Å². The van der Waals surface area contributed by atoms with Gasteiger partial charge in [0.05, 0.1) is 0 Å². The second kappa shape index (κ2) is 5.89. The lowest BCUT2D eigenvalue weighted by Crippen LogP contribution is -2.39. The van der Waals surface area contributed by atoms with E-state index in [9.17, 15) is 9.90 Å². The third kappa shape index (κ3) is 3.24. The molecular weight excluding hydrogens is 302 g/mol. The molecule has 1 N–H and O–H groups in total. The Labute approximate surface area is 113 Å². The van der Waals surface area contributed by atoms with Gasteiger partial charge in [0.2, 0.25) is 0 Å². The van der Waals surface area contributed by atoms with Crippen LogP contribution in [0.1, 0.15) is 11.6 Å². The summed E-state index contributed by atoms with van der Waals surface area (Å²) in [6.07, 6.45) is 0. The minimum absolute atomic E-state index is 0.510. The lowest BCUT2D eigenvalue weighted by Gasteiger charge is -2.31. The Bertz CT molecular complexity index is 390. The Hall–Kier alpha value is -0.520. The molecule has 1 aromatic rings. The summed E-state index contributed by atoms with van der Waals surface area (Å²) in [7, 11) is 0. The van der Waals surface area contributed by atoms with Crippen molar-refractivity contribution in [2.75, 3.05) is 24.6 Å². The fourth-order valence-electron chi connectivity index (χ4n) is 1.99. The summed E-state index contributed by atoms with van der Waals surface area (Å²) in [4.78, 5) is 13.5. The first-order chi connectivity index (χ1) is 8.18. The van der Waals surface area contributed by atoms with Gasteiger partial charge in [-0.15, -0.1) is 0 Å². The molecule has 3 nitrogen and oxygen atoms in total. The predicted octanol–water partition coefficient (Wildman–Crippen LogP) is 2.62. The first kappa shape index (κ1) is 12.9. The van der Waals surface area contributed by atoms with Gasteiger partial charge in [-0.3, -0.25) is 9.69 Å². The number of carboxylic acids is 1. The highest BCUT2D eigenvalue weighted by molar-refractivity contribution is 9.10. The Balaban J connectivity index is 2.21. The van der Waals surface area contributed by atoms with E-state index in [2.05, 4.69) is 15.9 Å². The van der Waals surface area contributed by atoms with E-state index < -0.39 is 12.0 Å². The third-order valence-corrected chi connectivity index (χ3v) is 4.30. The zero-order valence-corrected chi connectivity index (χ0v) is 11.7. The zero-order valence-electron chi connectivity index (χ0n) is 9.30. The standard InChI is InChI=1S/C12H14BrNO2S/c13-10-3-1-9(2-4-10)11(12(15)16)14-5-7-17-8-6-14/h1-4,11H,5-8H2,(H,15,16). The maximum Gasteiger partial charge on any atom is 0.325 e. The number of hydrogen-bond donors (Lipinski definition) is 1. The average molecular weight is 316 g/mol. The normalized spacial score (nSPS) is 18.9. The lowest BCUT2D eigenvalue weighted by atomic mass is 10.1. The van der Waals surface area contributed by atoms with Crippen LogP contribution in [0.5, 0.6) is 0 Å². The zero-order chi connectivity index (χ0) is 12.3. The van der Waals surface area contributed by atoms with E-state index in [4.69, 9.17) is 0 Å². The number of nitrogens with zero attached hydrogens (tertiary/aromatic N) is 1. The Morgan fingerprint density at radius 2 is 1.88 bits per heavy atom. The van der Waals surface area contributed by atoms with Crippen molar-refractivity contribution >= 4 is 33.7 Å². The van der Waals surface area contributed by atoms with Gasteiger partial charge >= 0.3 is 5.97 Å². The summed E-state index contributed by atoms with van der Waals surface area (Å²) in [6.45, 7) is 1.69. The highest BCUT2D eigenvalue weighted by Crippen LogP contribution is 2.25. The molecule has 1 atom stereocenters. The van der Waals surface area contributed by atoms with Crippen LogP contribution in [0.2, 0.25) is 0 Å². The van der Waals surface area contributed by atoms with Crippen LogP contribution in [0.3, 0.4) is 0 Å². The molecule has 0 saturated carbocycles. The molecular formula is C12H14BrNO2S. The number of thioether (sulfide) groups is 1. The van der Waals surface area contributed by atoms with Crippen molar-refractivity contribution in [1.82, 2.24) is 4.90 Å². The summed E-state index contributed by atoms with van der Waals surface area (Å²) < 4.78 is 0.972. The fourth-order valence-corrected chi connectivity index (χ4v) is 3.19. The Morgan fingerprint density at radius 1 is 1.29 bits per heavy atom. The lowest BCUT2D eigenvalue weighted by molar-refractivity contribution is -0.143. The molecule has 1 aliphatic heterocycles. The van der Waals surface area contributed by atoms with Crippen molar-refractivity contribution in [2.24, 2.45) is 0 Å². The highest BCUT2D eigenvalue weighted by atomic mass is 79.9. The van der Waals surface area contributed by atoms with Crippen molar-refractivity contribution in [1.29, 1.82) is 0 Å². The summed E-state index contributed by atoms with van der Waals surface area (Å²) in [5.41, 5.74) is 0.854. The van der Waals surface area contributed by atoms with Crippen LogP contribution < -0.4 is 0 Å². The fraction of sp³-hybridized carbons (Fsp3) is 0.417. The highest BCUT2D eigenvalue weighted by Gasteiger charge is 2.28. The second-order valence-electron chi connectivity index (χ2n) is 3.94. The molecule has 17 heavy (non-hydrogen) atoms. The van der Waals surface area contributed by atoms with E-state index >= 15 is 0 Å². The molecule has 0 bridgehead atoms. The van der Waals surface area contributed by atoms with Crippen molar-refractivity contribution < 1.29 is 9.90 Å². The topological polar surface area (TPSA) is 40.5 Å². The Kier molecular flexibility index (Phi) is 4.48.